The molecule has 142 valence electrons. The number of hydrogen-bond donors (Lipinski definition) is 1. The maximum atomic E-state index is 10.6. The van der Waals surface area contributed by atoms with Gasteiger partial charge in [-0.05, 0) is 73.9 Å². The fourth-order valence-electron chi connectivity index (χ4n) is 1.82. The van der Waals surface area contributed by atoms with Crippen molar-refractivity contribution in [3.05, 3.63) is 52.9 Å². The zero-order chi connectivity index (χ0) is 32.0. The molecule has 0 aromatic heterocycles. The van der Waals surface area contributed by atoms with E-state index < -0.39 is 98.3 Å². The van der Waals surface area contributed by atoms with Crippen molar-refractivity contribution in [2.45, 2.75) is 45.5 Å². The van der Waals surface area contributed by atoms with Gasteiger partial charge in [0.2, 0.25) is 0 Å². The number of rotatable bonds is 10. The van der Waals surface area contributed by atoms with E-state index in [9.17, 15) is 5.11 Å². The second kappa shape index (κ2) is 10.1. The predicted molar refractivity (Wildman–Crippen MR) is 105 cm³/mol. The van der Waals surface area contributed by atoms with E-state index in [4.69, 9.17) is 34.8 Å². The number of benzene rings is 2. The summed E-state index contributed by atoms with van der Waals surface area (Å²) < 4.78 is 135. The molecule has 0 aliphatic heterocycles. The van der Waals surface area contributed by atoms with Crippen LogP contribution in [-0.2, 0) is 6.42 Å². The third-order valence-corrected chi connectivity index (χ3v) is 3.33. The summed E-state index contributed by atoms with van der Waals surface area (Å²) in [4.78, 5) is 0. The highest BCUT2D eigenvalue weighted by Gasteiger charge is 2.07. The van der Waals surface area contributed by atoms with Gasteiger partial charge in [-0.2, -0.15) is 0 Å². The average Bonchev–Trinajstić information content (AvgIpc) is 2.83. The van der Waals surface area contributed by atoms with Crippen LogP contribution in [0.25, 0.3) is 0 Å². The van der Waals surface area contributed by atoms with Crippen LogP contribution in [0.2, 0.25) is 0 Å². The van der Waals surface area contributed by atoms with Crippen LogP contribution in [0.5, 0.6) is 17.2 Å². The zero-order valence-corrected chi connectivity index (χ0v) is 14.7. The molecule has 0 heterocycles. The maximum Gasteiger partial charge on any atom is 0.160 e. The van der Waals surface area contributed by atoms with Gasteiger partial charge in [0.25, 0.3) is 0 Å². The first-order chi connectivity index (χ1) is 18.4. The van der Waals surface area contributed by atoms with Crippen molar-refractivity contribution in [1.82, 2.24) is 0 Å². The van der Waals surface area contributed by atoms with Gasteiger partial charge in [-0.15, -0.1) is 0 Å². The first kappa shape index (κ1) is 7.81. The molecule has 0 saturated heterocycles. The van der Waals surface area contributed by atoms with Crippen molar-refractivity contribution in [3.8, 4) is 17.2 Å². The SMILES string of the molecule is [2H]c1c([2H])c(OC([2H])([2H])C(O)C([2H])([2H])CC([2H])([2H])Cc2c([2H])c([2H])c(OC([2H])([2H])[2H])c(OC)c2[2H])c([2H])c(C)c1C. The normalized spacial score (nSPS) is 22.4. The molecule has 2 aromatic carbocycles. The van der Waals surface area contributed by atoms with E-state index in [1.165, 1.54) is 13.8 Å². The molecule has 1 N–H and O–H groups in total. The van der Waals surface area contributed by atoms with Gasteiger partial charge in [-0.3, -0.25) is 0 Å². The molecule has 2 aromatic rings. The minimum Gasteiger partial charge on any atom is -0.493 e. The lowest BCUT2D eigenvalue weighted by Gasteiger charge is -2.13. The van der Waals surface area contributed by atoms with Gasteiger partial charge in [-0.25, -0.2) is 0 Å². The monoisotopic (exact) mass is 373 g/mol. The average molecular weight is 374 g/mol. The van der Waals surface area contributed by atoms with Gasteiger partial charge >= 0.3 is 0 Å². The lowest BCUT2D eigenvalue weighted by atomic mass is 10.0. The van der Waals surface area contributed by atoms with Crippen LogP contribution in [0.15, 0.2) is 36.3 Å². The van der Waals surface area contributed by atoms with Crippen molar-refractivity contribution >= 4 is 0 Å². The second-order valence-electron chi connectivity index (χ2n) is 5.20. The lowest BCUT2D eigenvalue weighted by Crippen LogP contribution is -2.17. The predicted octanol–water partition coefficient (Wildman–Crippen LogP) is 4.47. The van der Waals surface area contributed by atoms with Crippen LogP contribution >= 0.6 is 0 Å². The quantitative estimate of drug-likeness (QED) is 0.667. The highest BCUT2D eigenvalue weighted by molar-refractivity contribution is 5.42. The third kappa shape index (κ3) is 5.95. The smallest absolute Gasteiger partial charge is 0.160 e. The largest absolute Gasteiger partial charge is 0.493 e. The number of methoxy groups -OCH3 is 2. The molecule has 4 heteroatoms. The van der Waals surface area contributed by atoms with Gasteiger partial charge in [0, 0.05) is 5.48 Å². The van der Waals surface area contributed by atoms with Gasteiger partial charge in [-0.1, -0.05) is 18.5 Å². The summed E-state index contributed by atoms with van der Waals surface area (Å²) in [5.74, 6) is -1.99. The van der Waals surface area contributed by atoms with Gasteiger partial charge in [0.15, 0.2) is 11.5 Å². The first-order valence-electron chi connectivity index (χ1n) is 15.2. The van der Waals surface area contributed by atoms with E-state index in [1.807, 2.05) is 0 Å². The summed E-state index contributed by atoms with van der Waals surface area (Å²) in [6.45, 7) is -0.367. The second-order valence-corrected chi connectivity index (χ2v) is 5.20. The van der Waals surface area contributed by atoms with Gasteiger partial charge in [0.1, 0.15) is 12.3 Å². The van der Waals surface area contributed by atoms with Crippen LogP contribution in [0.4, 0.5) is 0 Å². The highest BCUT2D eigenvalue weighted by atomic mass is 16.5. The van der Waals surface area contributed by atoms with E-state index in [1.54, 1.807) is 0 Å². The maximum absolute atomic E-state index is 10.6. The van der Waals surface area contributed by atoms with Crippen molar-refractivity contribution in [1.29, 1.82) is 0 Å². The molecule has 0 bridgehead atoms. The number of aliphatic hydroxyl groups excluding tert-OH is 1. The Bertz CT molecular complexity index is 1280. The van der Waals surface area contributed by atoms with Crippen molar-refractivity contribution in [2.24, 2.45) is 0 Å². The Kier molecular flexibility index (Phi) is 3.03. The van der Waals surface area contributed by atoms with Crippen molar-refractivity contribution < 1.29 is 39.9 Å². The third-order valence-electron chi connectivity index (χ3n) is 3.33. The topological polar surface area (TPSA) is 47.9 Å². The van der Waals surface area contributed by atoms with Crippen molar-refractivity contribution in [3.63, 3.8) is 0 Å². The number of aliphatic hydroxyl groups is 1. The molecule has 1 atom stereocenters. The minimum atomic E-state index is -3.30. The summed E-state index contributed by atoms with van der Waals surface area (Å²) >= 11 is 0. The molecular formula is C22H30O4. The first-order valence-corrected chi connectivity index (χ1v) is 7.68. The van der Waals surface area contributed by atoms with Crippen LogP contribution in [0.3, 0.4) is 0 Å². The molecule has 1 unspecified atom stereocenters. The van der Waals surface area contributed by atoms with E-state index in [-0.39, 0.29) is 17.2 Å². The van der Waals surface area contributed by atoms with Crippen molar-refractivity contribution in [2.75, 3.05) is 20.7 Å². The number of ether oxygens (including phenoxy) is 3. The van der Waals surface area contributed by atoms with E-state index in [0.717, 1.165) is 7.11 Å². The molecule has 0 aliphatic carbocycles. The highest BCUT2D eigenvalue weighted by Crippen LogP contribution is 2.28. The summed E-state index contributed by atoms with van der Waals surface area (Å²) in [6, 6.07) is -3.70. The minimum absolute atomic E-state index is 0.211. The Balaban J connectivity index is 2.41. The molecule has 0 aliphatic rings. The summed E-state index contributed by atoms with van der Waals surface area (Å²) in [5.41, 5.74) is 0.0441. The molecule has 0 radical (unpaired) electrons. The molecule has 0 spiro atoms. The Morgan fingerprint density at radius 3 is 2.73 bits per heavy atom. The van der Waals surface area contributed by atoms with Gasteiger partial charge < -0.3 is 19.3 Å². The van der Waals surface area contributed by atoms with Gasteiger partial charge in [0.05, 0.1) is 35.3 Å². The number of hydrogen-bond acceptors (Lipinski definition) is 4. The standard InChI is InChI=1S/C22H30O4/c1-16-9-11-20(13-17(16)2)26-15-19(23)8-6-5-7-18-10-12-21(24-3)22(14-18)25-4/h9-14,19,23H,5-8,15H2,1-4H3/i3D3,5D2,8D2,9D,10D,11D,12D,13D,14D,15D2. The summed E-state index contributed by atoms with van der Waals surface area (Å²) in [5, 5.41) is 10.6. The Morgan fingerprint density at radius 2 is 1.96 bits per heavy atom. The zero-order valence-electron chi connectivity index (χ0n) is 29.7. The lowest BCUT2D eigenvalue weighted by molar-refractivity contribution is 0.0976. The van der Waals surface area contributed by atoms with Crippen LogP contribution in [0, 0.1) is 13.8 Å². The molecule has 2 rings (SSSR count). The van der Waals surface area contributed by atoms with Crippen LogP contribution in [-0.4, -0.2) is 31.9 Å². The van der Waals surface area contributed by atoms with E-state index in [2.05, 4.69) is 0 Å². The van der Waals surface area contributed by atoms with E-state index in [0.29, 0.717) is 0 Å². The molecular weight excluding hydrogens is 328 g/mol. The summed E-state index contributed by atoms with van der Waals surface area (Å²) in [6.07, 6.45) is -10.5. The fraction of sp³-hybridized carbons (Fsp3) is 0.455. The Hall–Kier alpha value is -2.20. The Labute approximate surface area is 177 Å². The van der Waals surface area contributed by atoms with E-state index >= 15 is 0 Å². The Morgan fingerprint density at radius 1 is 1.12 bits per heavy atom. The molecule has 0 amide bonds. The molecule has 0 fully saturated rings. The van der Waals surface area contributed by atoms with Crippen LogP contribution < -0.4 is 14.2 Å². The fourth-order valence-corrected chi connectivity index (χ4v) is 1.82. The molecule has 0 saturated carbocycles. The molecule has 4 nitrogen and oxygen atoms in total. The van der Waals surface area contributed by atoms with Crippen LogP contribution in [0.1, 0.15) is 56.4 Å². The molecule has 26 heavy (non-hydrogen) atoms. The summed E-state index contributed by atoms with van der Waals surface area (Å²) in [7, 11) is -2.01.